The molecule has 40 heavy (non-hydrogen) atoms. The average Bonchev–Trinajstić information content (AvgIpc) is 3.59. The zero-order chi connectivity index (χ0) is 28.1. The van der Waals surface area contributed by atoms with E-state index in [1.807, 2.05) is 48.5 Å². The Labute approximate surface area is 239 Å². The molecule has 0 spiro atoms. The fraction of sp³-hybridized carbons (Fsp3) is 0.375. The van der Waals surface area contributed by atoms with Gasteiger partial charge in [0.2, 0.25) is 5.91 Å². The summed E-state index contributed by atoms with van der Waals surface area (Å²) in [6, 6.07) is 17.3. The van der Waals surface area contributed by atoms with Gasteiger partial charge >= 0.3 is 0 Å². The van der Waals surface area contributed by atoms with Gasteiger partial charge in [0.25, 0.3) is 0 Å². The van der Waals surface area contributed by atoms with Crippen LogP contribution in [0.25, 0.3) is 22.2 Å². The number of halogens is 2. The molecule has 2 saturated heterocycles. The van der Waals surface area contributed by atoms with Crippen LogP contribution in [-0.4, -0.2) is 52.0 Å². The lowest BCUT2D eigenvalue weighted by Crippen LogP contribution is -2.69. The van der Waals surface area contributed by atoms with E-state index in [2.05, 4.69) is 47.2 Å². The molecule has 0 aliphatic carbocycles. The fourth-order valence-corrected chi connectivity index (χ4v) is 6.88. The Balaban J connectivity index is 1.57. The average molecular weight is 560 g/mol. The minimum atomic E-state index is -0.815. The summed E-state index contributed by atoms with van der Waals surface area (Å²) in [6.07, 6.45) is 6.03. The summed E-state index contributed by atoms with van der Waals surface area (Å²) < 4.78 is 15.1. The zero-order valence-electron chi connectivity index (χ0n) is 23.2. The molecule has 2 N–H and O–H groups in total. The van der Waals surface area contributed by atoms with E-state index in [9.17, 15) is 4.79 Å². The maximum Gasteiger partial charge on any atom is 0.223 e. The normalized spacial score (nSPS) is 22.7. The third kappa shape index (κ3) is 4.45. The first-order valence-corrected chi connectivity index (χ1v) is 14.4. The van der Waals surface area contributed by atoms with Crippen molar-refractivity contribution < 1.29 is 9.18 Å². The van der Waals surface area contributed by atoms with E-state index in [1.54, 1.807) is 6.07 Å². The number of hydrogen-bond acceptors (Lipinski definition) is 4. The molecule has 2 aromatic carbocycles. The molecular weight excluding hydrogens is 525 g/mol. The number of nitrogens with one attached hydrogen (secondary N) is 2. The summed E-state index contributed by atoms with van der Waals surface area (Å²) >= 11 is 6.17. The van der Waals surface area contributed by atoms with Crippen molar-refractivity contribution in [3.63, 3.8) is 0 Å². The minimum Gasteiger partial charge on any atom is -0.366 e. The number of nitrogens with zero attached hydrogens (tertiary/aromatic N) is 3. The van der Waals surface area contributed by atoms with Gasteiger partial charge in [0, 0.05) is 61.0 Å². The number of hydrogen-bond donors (Lipinski definition) is 2. The Morgan fingerprint density at radius 1 is 1.15 bits per heavy atom. The van der Waals surface area contributed by atoms with Gasteiger partial charge in [0.15, 0.2) is 0 Å². The van der Waals surface area contributed by atoms with Gasteiger partial charge < -0.3 is 20.1 Å². The lowest BCUT2D eigenvalue weighted by atomic mass is 9.77. The van der Waals surface area contributed by atoms with Crippen molar-refractivity contribution in [2.45, 2.75) is 57.2 Å². The summed E-state index contributed by atoms with van der Waals surface area (Å²) in [5.41, 5.74) is 3.82. The van der Waals surface area contributed by atoms with Gasteiger partial charge in [0.1, 0.15) is 17.0 Å². The maximum absolute atomic E-state index is 15.1. The first-order chi connectivity index (χ1) is 19.2. The SMILES string of the molecule is CCC(=O)N1CCN(c2c(-c3ccccc3)cnc3[nH]ccc23)C[C@@]1(c1ccc(Cl)c(F)c1)[C@@H]1CCC(C)(C)N1. The van der Waals surface area contributed by atoms with E-state index < -0.39 is 11.4 Å². The summed E-state index contributed by atoms with van der Waals surface area (Å²) in [5, 5.41) is 4.94. The second-order valence-electron chi connectivity index (χ2n) is 11.6. The first kappa shape index (κ1) is 26.8. The van der Waals surface area contributed by atoms with Gasteiger partial charge in [-0.25, -0.2) is 9.37 Å². The Morgan fingerprint density at radius 2 is 1.95 bits per heavy atom. The molecular formula is C32H35ClFN5O. The third-order valence-electron chi connectivity index (χ3n) is 8.69. The van der Waals surface area contributed by atoms with Crippen LogP contribution in [0.15, 0.2) is 67.0 Å². The molecule has 1 amide bonds. The molecule has 208 valence electrons. The van der Waals surface area contributed by atoms with Gasteiger partial charge in [-0.2, -0.15) is 0 Å². The maximum atomic E-state index is 15.1. The van der Waals surface area contributed by atoms with Gasteiger partial charge in [0.05, 0.1) is 10.7 Å². The highest BCUT2D eigenvalue weighted by Gasteiger charge is 2.54. The summed E-state index contributed by atoms with van der Waals surface area (Å²) in [4.78, 5) is 26.0. The predicted octanol–water partition coefficient (Wildman–Crippen LogP) is 6.51. The minimum absolute atomic E-state index is 0.0614. The van der Waals surface area contributed by atoms with Crippen LogP contribution in [0.2, 0.25) is 5.02 Å². The second-order valence-corrected chi connectivity index (χ2v) is 12.0. The highest BCUT2D eigenvalue weighted by atomic mass is 35.5. The Hall–Kier alpha value is -3.42. The number of anilines is 1. The van der Waals surface area contributed by atoms with Crippen LogP contribution in [0.1, 0.15) is 45.6 Å². The van der Waals surface area contributed by atoms with Crippen molar-refractivity contribution in [1.29, 1.82) is 0 Å². The van der Waals surface area contributed by atoms with Crippen LogP contribution in [0.5, 0.6) is 0 Å². The number of amides is 1. The van der Waals surface area contributed by atoms with Crippen LogP contribution in [0.3, 0.4) is 0 Å². The van der Waals surface area contributed by atoms with Gasteiger partial charge in [-0.3, -0.25) is 4.79 Å². The van der Waals surface area contributed by atoms with Crippen molar-refractivity contribution in [2.24, 2.45) is 0 Å². The molecule has 6 nitrogen and oxygen atoms in total. The van der Waals surface area contributed by atoms with Crippen LogP contribution in [0.4, 0.5) is 10.1 Å². The van der Waals surface area contributed by atoms with Crippen LogP contribution in [-0.2, 0) is 10.3 Å². The monoisotopic (exact) mass is 559 g/mol. The van der Waals surface area contributed by atoms with Crippen LogP contribution in [0, 0.1) is 5.82 Å². The van der Waals surface area contributed by atoms with Crippen LogP contribution >= 0.6 is 11.6 Å². The number of H-pyrrole nitrogens is 1. The lowest BCUT2D eigenvalue weighted by molar-refractivity contribution is -0.140. The number of piperazine rings is 1. The molecule has 0 unspecified atom stereocenters. The van der Waals surface area contributed by atoms with Crippen molar-refractivity contribution >= 4 is 34.2 Å². The molecule has 0 radical (unpaired) electrons. The molecule has 2 atom stereocenters. The van der Waals surface area contributed by atoms with E-state index in [1.165, 1.54) is 6.07 Å². The molecule has 4 aromatic rings. The van der Waals surface area contributed by atoms with Crippen molar-refractivity contribution in [3.8, 4) is 11.1 Å². The number of aromatic amines is 1. The fourth-order valence-electron chi connectivity index (χ4n) is 6.76. The zero-order valence-corrected chi connectivity index (χ0v) is 23.9. The van der Waals surface area contributed by atoms with E-state index in [-0.39, 0.29) is 22.5 Å². The van der Waals surface area contributed by atoms with Gasteiger partial charge in [-0.05, 0) is 56.0 Å². The van der Waals surface area contributed by atoms with E-state index in [0.29, 0.717) is 26.1 Å². The molecule has 2 fully saturated rings. The summed E-state index contributed by atoms with van der Waals surface area (Å²) in [5.74, 6) is -0.412. The van der Waals surface area contributed by atoms with Gasteiger partial charge in [-0.1, -0.05) is 54.9 Å². The first-order valence-electron chi connectivity index (χ1n) is 14.0. The number of pyridine rings is 1. The highest BCUT2D eigenvalue weighted by Crippen LogP contribution is 2.46. The molecule has 2 aliphatic heterocycles. The van der Waals surface area contributed by atoms with Crippen molar-refractivity contribution in [3.05, 3.63) is 83.4 Å². The summed E-state index contributed by atoms with van der Waals surface area (Å²) in [6.45, 7) is 7.93. The topological polar surface area (TPSA) is 64.3 Å². The Kier molecular flexibility index (Phi) is 6.83. The Morgan fingerprint density at radius 3 is 2.65 bits per heavy atom. The number of fused-ring (bicyclic) bond motifs is 1. The number of carbonyl (C=O) groups excluding carboxylic acids is 1. The number of benzene rings is 2. The molecule has 4 heterocycles. The smallest absolute Gasteiger partial charge is 0.223 e. The van der Waals surface area contributed by atoms with E-state index >= 15 is 4.39 Å². The van der Waals surface area contributed by atoms with E-state index in [0.717, 1.165) is 46.3 Å². The highest BCUT2D eigenvalue weighted by molar-refractivity contribution is 6.30. The summed E-state index contributed by atoms with van der Waals surface area (Å²) in [7, 11) is 0. The standard InChI is InChI=1S/C32H35ClFN5O/c1-4-28(40)39-17-16-38(29-23-13-15-35-30(23)36-19-24(29)21-8-6-5-7-9-21)20-32(39,27-12-14-31(2,3)37-27)22-10-11-25(33)26(34)18-22/h5-11,13,15,18-19,27,37H,4,12,14,16-17,20H2,1-3H3,(H,35,36)/t27-,32+/m0/s1. The molecule has 0 bridgehead atoms. The quantitative estimate of drug-likeness (QED) is 0.293. The van der Waals surface area contributed by atoms with Crippen molar-refractivity contribution in [1.82, 2.24) is 20.2 Å². The van der Waals surface area contributed by atoms with E-state index in [4.69, 9.17) is 16.6 Å². The number of rotatable bonds is 5. The molecule has 6 rings (SSSR count). The Bertz CT molecular complexity index is 1550. The number of carbonyl (C=O) groups is 1. The largest absolute Gasteiger partial charge is 0.366 e. The molecule has 0 saturated carbocycles. The van der Waals surface area contributed by atoms with Gasteiger partial charge in [-0.15, -0.1) is 0 Å². The molecule has 2 aliphatic rings. The van der Waals surface area contributed by atoms with Crippen molar-refractivity contribution in [2.75, 3.05) is 24.5 Å². The predicted molar refractivity (Wildman–Crippen MR) is 159 cm³/mol. The molecule has 8 heteroatoms. The molecule has 2 aromatic heterocycles. The van der Waals surface area contributed by atoms with Crippen LogP contribution < -0.4 is 10.2 Å². The lowest BCUT2D eigenvalue weighted by Gasteiger charge is -2.55. The second kappa shape index (κ2) is 10.2. The number of aromatic nitrogens is 2. The third-order valence-corrected chi connectivity index (χ3v) is 9.00.